The quantitative estimate of drug-likeness (QED) is 0.766. The largest absolute Gasteiger partial charge is 0.492 e. The van der Waals surface area contributed by atoms with E-state index < -0.39 is 0 Å². The first-order valence-corrected chi connectivity index (χ1v) is 9.76. The number of nitrogens with zero attached hydrogens (tertiary/aromatic N) is 2. The molecule has 0 aromatic heterocycles. The second-order valence-corrected chi connectivity index (χ2v) is 7.37. The summed E-state index contributed by atoms with van der Waals surface area (Å²) in [7, 11) is 0. The van der Waals surface area contributed by atoms with E-state index in [2.05, 4.69) is 15.1 Å². The Morgan fingerprint density at radius 3 is 2.46 bits per heavy atom. The van der Waals surface area contributed by atoms with Crippen LogP contribution in [0.3, 0.4) is 0 Å². The van der Waals surface area contributed by atoms with Gasteiger partial charge in [0.25, 0.3) is 0 Å². The molecular weight excluding hydrogens is 381 g/mol. The molecular formula is C21H25ClFN3O2. The highest BCUT2D eigenvalue weighted by Gasteiger charge is 2.19. The van der Waals surface area contributed by atoms with Crippen molar-refractivity contribution in [1.29, 1.82) is 0 Å². The van der Waals surface area contributed by atoms with Crippen molar-refractivity contribution in [3.8, 4) is 5.75 Å². The zero-order valence-electron chi connectivity index (χ0n) is 16.0. The average molecular weight is 406 g/mol. The topological polar surface area (TPSA) is 44.8 Å². The van der Waals surface area contributed by atoms with Crippen molar-refractivity contribution in [2.45, 2.75) is 6.92 Å². The zero-order valence-corrected chi connectivity index (χ0v) is 16.7. The molecule has 0 unspecified atom stereocenters. The molecule has 150 valence electrons. The number of benzene rings is 2. The van der Waals surface area contributed by atoms with E-state index in [-0.39, 0.29) is 11.7 Å². The van der Waals surface area contributed by atoms with Gasteiger partial charge in [0, 0.05) is 43.4 Å². The van der Waals surface area contributed by atoms with Gasteiger partial charge in [-0.15, -0.1) is 0 Å². The maximum Gasteiger partial charge on any atom is 0.238 e. The number of carbonyl (C=O) groups is 1. The highest BCUT2D eigenvalue weighted by Crippen LogP contribution is 2.16. The van der Waals surface area contributed by atoms with Crippen LogP contribution in [0.15, 0.2) is 42.5 Å². The molecule has 5 nitrogen and oxygen atoms in total. The van der Waals surface area contributed by atoms with Gasteiger partial charge in [0.1, 0.15) is 18.2 Å². The molecule has 1 aliphatic heterocycles. The van der Waals surface area contributed by atoms with Crippen molar-refractivity contribution >= 4 is 23.2 Å². The Balaban J connectivity index is 1.34. The molecule has 7 heteroatoms. The normalized spacial score (nSPS) is 15.4. The summed E-state index contributed by atoms with van der Waals surface area (Å²) in [4.78, 5) is 16.6. The monoisotopic (exact) mass is 405 g/mol. The van der Waals surface area contributed by atoms with Crippen LogP contribution >= 0.6 is 11.6 Å². The van der Waals surface area contributed by atoms with Gasteiger partial charge < -0.3 is 10.1 Å². The van der Waals surface area contributed by atoms with Gasteiger partial charge in [-0.2, -0.15) is 0 Å². The number of amides is 1. The third-order valence-electron chi connectivity index (χ3n) is 4.78. The smallest absolute Gasteiger partial charge is 0.238 e. The van der Waals surface area contributed by atoms with Gasteiger partial charge in [-0.05, 0) is 48.9 Å². The van der Waals surface area contributed by atoms with Crippen LogP contribution in [0.5, 0.6) is 5.75 Å². The van der Waals surface area contributed by atoms with E-state index in [1.807, 2.05) is 24.3 Å². The van der Waals surface area contributed by atoms with E-state index in [1.54, 1.807) is 19.1 Å². The highest BCUT2D eigenvalue weighted by atomic mass is 35.5. The second kappa shape index (κ2) is 9.87. The Kier molecular flexibility index (Phi) is 7.25. The lowest BCUT2D eigenvalue weighted by atomic mass is 10.2. The van der Waals surface area contributed by atoms with Gasteiger partial charge in [-0.1, -0.05) is 17.7 Å². The van der Waals surface area contributed by atoms with E-state index in [0.717, 1.165) is 38.5 Å². The number of carbonyl (C=O) groups excluding carboxylic acids is 1. The van der Waals surface area contributed by atoms with E-state index in [1.165, 1.54) is 6.07 Å². The van der Waals surface area contributed by atoms with Crippen LogP contribution in [-0.2, 0) is 4.79 Å². The number of aryl methyl sites for hydroxylation is 1. The van der Waals surface area contributed by atoms with Crippen LogP contribution in [0.1, 0.15) is 5.56 Å². The Bertz CT molecular complexity index is 793. The summed E-state index contributed by atoms with van der Waals surface area (Å²) < 4.78 is 19.3. The number of piperazine rings is 1. The van der Waals surface area contributed by atoms with Crippen LogP contribution in [-0.4, -0.2) is 61.6 Å². The molecule has 0 atom stereocenters. The number of hydrogen-bond acceptors (Lipinski definition) is 4. The summed E-state index contributed by atoms with van der Waals surface area (Å²) in [5, 5.41) is 3.46. The molecule has 1 amide bonds. The first kappa shape index (κ1) is 20.6. The number of hydrogen-bond donors (Lipinski definition) is 1. The van der Waals surface area contributed by atoms with Gasteiger partial charge in [0.15, 0.2) is 0 Å². The SMILES string of the molecule is Cc1ccc(NC(=O)CN2CCN(CCOc3ccc(Cl)cc3)CC2)cc1F. The van der Waals surface area contributed by atoms with Crippen molar-refractivity contribution in [3.63, 3.8) is 0 Å². The molecule has 0 aliphatic carbocycles. The number of anilines is 1. The third kappa shape index (κ3) is 6.19. The predicted molar refractivity (Wildman–Crippen MR) is 110 cm³/mol. The van der Waals surface area contributed by atoms with Crippen molar-refractivity contribution in [1.82, 2.24) is 9.80 Å². The molecule has 1 fully saturated rings. The lowest BCUT2D eigenvalue weighted by molar-refractivity contribution is -0.117. The summed E-state index contributed by atoms with van der Waals surface area (Å²) in [6.07, 6.45) is 0. The summed E-state index contributed by atoms with van der Waals surface area (Å²) in [6, 6.07) is 12.1. The van der Waals surface area contributed by atoms with E-state index >= 15 is 0 Å². The molecule has 0 saturated carbocycles. The molecule has 0 bridgehead atoms. The summed E-state index contributed by atoms with van der Waals surface area (Å²) in [5.74, 6) is 0.377. The minimum atomic E-state index is -0.313. The van der Waals surface area contributed by atoms with E-state index in [9.17, 15) is 9.18 Å². The second-order valence-electron chi connectivity index (χ2n) is 6.93. The molecule has 0 spiro atoms. The minimum absolute atomic E-state index is 0.122. The van der Waals surface area contributed by atoms with Crippen molar-refractivity contribution in [2.24, 2.45) is 0 Å². The standard InChI is InChI=1S/C21H25ClFN3O2/c1-16-2-5-18(14-20(16)23)24-21(27)15-26-10-8-25(9-11-26)12-13-28-19-6-3-17(22)4-7-19/h2-7,14H,8-13,15H2,1H3,(H,24,27). The van der Waals surface area contributed by atoms with E-state index in [4.69, 9.17) is 16.3 Å². The van der Waals surface area contributed by atoms with Gasteiger partial charge in [0.05, 0.1) is 6.54 Å². The molecule has 1 saturated heterocycles. The number of nitrogens with one attached hydrogen (secondary N) is 1. The summed E-state index contributed by atoms with van der Waals surface area (Å²) >= 11 is 5.86. The van der Waals surface area contributed by atoms with Crippen molar-refractivity contribution < 1.29 is 13.9 Å². The maximum absolute atomic E-state index is 13.6. The summed E-state index contributed by atoms with van der Waals surface area (Å²) in [6.45, 7) is 6.86. The Labute approximate surface area is 170 Å². The van der Waals surface area contributed by atoms with Crippen LogP contribution in [0, 0.1) is 12.7 Å². The van der Waals surface area contributed by atoms with Crippen LogP contribution in [0.4, 0.5) is 10.1 Å². The van der Waals surface area contributed by atoms with Gasteiger partial charge in [0.2, 0.25) is 5.91 Å². The minimum Gasteiger partial charge on any atom is -0.492 e. The van der Waals surface area contributed by atoms with Crippen LogP contribution in [0.25, 0.3) is 0 Å². The first-order chi connectivity index (χ1) is 13.5. The molecule has 1 aliphatic rings. The van der Waals surface area contributed by atoms with Crippen molar-refractivity contribution in [3.05, 3.63) is 58.9 Å². The maximum atomic E-state index is 13.6. The fraction of sp³-hybridized carbons (Fsp3) is 0.381. The molecule has 0 radical (unpaired) electrons. The van der Waals surface area contributed by atoms with E-state index in [0.29, 0.717) is 29.4 Å². The number of halogens is 2. The Morgan fingerprint density at radius 1 is 1.11 bits per heavy atom. The van der Waals surface area contributed by atoms with Crippen LogP contribution in [0.2, 0.25) is 5.02 Å². The highest BCUT2D eigenvalue weighted by molar-refractivity contribution is 6.30. The molecule has 3 rings (SSSR count). The zero-order chi connectivity index (χ0) is 19.9. The average Bonchev–Trinajstić information content (AvgIpc) is 2.68. The molecule has 1 heterocycles. The van der Waals surface area contributed by atoms with Gasteiger partial charge >= 0.3 is 0 Å². The summed E-state index contributed by atoms with van der Waals surface area (Å²) in [5.41, 5.74) is 1.06. The van der Waals surface area contributed by atoms with Gasteiger partial charge in [-0.3, -0.25) is 14.6 Å². The lowest BCUT2D eigenvalue weighted by Gasteiger charge is -2.34. The fourth-order valence-electron chi connectivity index (χ4n) is 3.07. The molecule has 2 aromatic carbocycles. The third-order valence-corrected chi connectivity index (χ3v) is 5.03. The Hall–Kier alpha value is -2.15. The molecule has 2 aromatic rings. The lowest BCUT2D eigenvalue weighted by Crippen LogP contribution is -2.49. The number of ether oxygens (including phenoxy) is 1. The van der Waals surface area contributed by atoms with Gasteiger partial charge in [-0.25, -0.2) is 4.39 Å². The van der Waals surface area contributed by atoms with Crippen LogP contribution < -0.4 is 10.1 Å². The number of rotatable bonds is 7. The van der Waals surface area contributed by atoms with Crippen molar-refractivity contribution in [2.75, 3.05) is 51.2 Å². The molecule has 1 N–H and O–H groups in total. The first-order valence-electron chi connectivity index (χ1n) is 9.39. The molecule has 28 heavy (non-hydrogen) atoms. The predicted octanol–water partition coefficient (Wildman–Crippen LogP) is 3.42. The Morgan fingerprint density at radius 2 is 1.79 bits per heavy atom. The fourth-order valence-corrected chi connectivity index (χ4v) is 3.19.